The predicted molar refractivity (Wildman–Crippen MR) is 105 cm³/mol. The van der Waals surface area contributed by atoms with Crippen molar-refractivity contribution in [2.45, 2.75) is 37.1 Å². The van der Waals surface area contributed by atoms with Gasteiger partial charge in [0.2, 0.25) is 5.91 Å². The number of aryl methyl sites for hydroxylation is 1. The lowest BCUT2D eigenvalue weighted by atomic mass is 10.0. The molecule has 0 spiro atoms. The van der Waals surface area contributed by atoms with Crippen LogP contribution in [0.5, 0.6) is 0 Å². The molecule has 0 aliphatic carbocycles. The van der Waals surface area contributed by atoms with Gasteiger partial charge in [-0.25, -0.2) is 4.98 Å². The molecule has 0 radical (unpaired) electrons. The van der Waals surface area contributed by atoms with Crippen molar-refractivity contribution >= 4 is 34.4 Å². The van der Waals surface area contributed by atoms with Gasteiger partial charge in [-0.2, -0.15) is 0 Å². The van der Waals surface area contributed by atoms with Crippen molar-refractivity contribution in [3.05, 3.63) is 54.1 Å². The number of anilines is 1. The van der Waals surface area contributed by atoms with E-state index < -0.39 is 0 Å². The fourth-order valence-electron chi connectivity index (χ4n) is 2.79. The van der Waals surface area contributed by atoms with E-state index in [4.69, 9.17) is 0 Å². The van der Waals surface area contributed by atoms with Crippen LogP contribution in [0.25, 0.3) is 11.0 Å². The Kier molecular flexibility index (Phi) is 5.13. The largest absolute Gasteiger partial charge is 0.325 e. The van der Waals surface area contributed by atoms with Gasteiger partial charge in [0.25, 0.3) is 0 Å². The number of fused-ring (bicyclic) bond motifs is 1. The number of amides is 1. The van der Waals surface area contributed by atoms with Crippen LogP contribution in [0, 0.1) is 0 Å². The molecule has 25 heavy (non-hydrogen) atoms. The molecule has 2 aromatic carbocycles. The second-order valence-electron chi connectivity index (χ2n) is 6.43. The lowest BCUT2D eigenvalue weighted by molar-refractivity contribution is -0.115. The molecule has 0 bridgehead atoms. The maximum atomic E-state index is 12.6. The molecule has 1 N–H and O–H groups in total. The highest BCUT2D eigenvalue weighted by Gasteiger charge is 2.19. The number of rotatable bonds is 5. The Hall–Kier alpha value is -2.27. The van der Waals surface area contributed by atoms with Crippen LogP contribution in [0.1, 0.15) is 32.3 Å². The Labute approximate surface area is 152 Å². The Morgan fingerprint density at radius 3 is 2.48 bits per heavy atom. The maximum absolute atomic E-state index is 12.6. The topological polar surface area (TPSA) is 46.9 Å². The molecule has 1 amide bonds. The van der Waals surface area contributed by atoms with Gasteiger partial charge in [-0.3, -0.25) is 4.79 Å². The highest BCUT2D eigenvalue weighted by molar-refractivity contribution is 8.00. The molecule has 130 valence electrons. The summed E-state index contributed by atoms with van der Waals surface area (Å²) in [4.78, 5) is 17.3. The predicted octanol–water partition coefficient (Wildman–Crippen LogP) is 4.82. The van der Waals surface area contributed by atoms with Crippen LogP contribution in [0.2, 0.25) is 0 Å². The van der Waals surface area contributed by atoms with E-state index >= 15 is 0 Å². The average molecular weight is 353 g/mol. The molecule has 0 aliphatic heterocycles. The minimum absolute atomic E-state index is 0.00911. The van der Waals surface area contributed by atoms with Crippen LogP contribution < -0.4 is 5.32 Å². The molecule has 3 aromatic rings. The van der Waals surface area contributed by atoms with Crippen LogP contribution in [-0.4, -0.2) is 20.7 Å². The highest BCUT2D eigenvalue weighted by atomic mass is 32.2. The quantitative estimate of drug-likeness (QED) is 0.669. The second-order valence-corrected chi connectivity index (χ2v) is 7.74. The third kappa shape index (κ3) is 3.71. The summed E-state index contributed by atoms with van der Waals surface area (Å²) >= 11 is 1.48. The van der Waals surface area contributed by atoms with E-state index in [9.17, 15) is 4.79 Å². The molecular formula is C20H23N3OS. The third-order valence-electron chi connectivity index (χ3n) is 4.24. The minimum Gasteiger partial charge on any atom is -0.325 e. The monoisotopic (exact) mass is 353 g/mol. The normalized spacial score (nSPS) is 12.5. The summed E-state index contributed by atoms with van der Waals surface area (Å²) in [6, 6.07) is 16.0. The second kappa shape index (κ2) is 7.31. The Morgan fingerprint density at radius 2 is 1.76 bits per heavy atom. The zero-order valence-corrected chi connectivity index (χ0v) is 15.8. The summed E-state index contributed by atoms with van der Waals surface area (Å²) in [6.45, 7) is 6.17. The zero-order valence-electron chi connectivity index (χ0n) is 15.0. The van der Waals surface area contributed by atoms with E-state index in [1.807, 2.05) is 61.0 Å². The van der Waals surface area contributed by atoms with E-state index in [0.29, 0.717) is 5.92 Å². The fourth-order valence-corrected chi connectivity index (χ4v) is 3.68. The summed E-state index contributed by atoms with van der Waals surface area (Å²) in [5.74, 6) is 0.351. The average Bonchev–Trinajstić information content (AvgIpc) is 2.91. The lowest BCUT2D eigenvalue weighted by Crippen LogP contribution is -2.23. The molecule has 1 atom stereocenters. The number of carbonyl (C=O) groups is 1. The first-order chi connectivity index (χ1) is 12.0. The van der Waals surface area contributed by atoms with Gasteiger partial charge in [0, 0.05) is 12.7 Å². The smallest absolute Gasteiger partial charge is 0.237 e. The minimum atomic E-state index is -0.240. The molecule has 1 heterocycles. The summed E-state index contributed by atoms with van der Waals surface area (Å²) in [7, 11) is 1.98. The van der Waals surface area contributed by atoms with Crippen molar-refractivity contribution < 1.29 is 4.79 Å². The standard InChI is InChI=1S/C20H23N3OS/c1-13(2)15-9-5-6-10-16(15)21-19(24)14(3)25-20-22-17-11-7-8-12-18(17)23(20)4/h5-14H,1-4H3,(H,21,24). The SMILES string of the molecule is CC(Sc1nc2ccccc2n1C)C(=O)Nc1ccccc1C(C)C. The van der Waals surface area contributed by atoms with Gasteiger partial charge in [-0.05, 0) is 36.6 Å². The number of thioether (sulfide) groups is 1. The molecular weight excluding hydrogens is 330 g/mol. The Morgan fingerprint density at radius 1 is 1.08 bits per heavy atom. The highest BCUT2D eigenvalue weighted by Crippen LogP contribution is 2.28. The molecule has 0 aliphatic rings. The van der Waals surface area contributed by atoms with E-state index in [1.165, 1.54) is 11.8 Å². The number of nitrogens with one attached hydrogen (secondary N) is 1. The number of para-hydroxylation sites is 3. The summed E-state index contributed by atoms with van der Waals surface area (Å²) < 4.78 is 2.03. The van der Waals surface area contributed by atoms with Crippen LogP contribution in [-0.2, 0) is 11.8 Å². The number of carbonyl (C=O) groups excluding carboxylic acids is 1. The maximum Gasteiger partial charge on any atom is 0.237 e. The molecule has 4 nitrogen and oxygen atoms in total. The van der Waals surface area contributed by atoms with E-state index in [2.05, 4.69) is 30.2 Å². The van der Waals surface area contributed by atoms with Crippen molar-refractivity contribution in [3.63, 3.8) is 0 Å². The molecule has 0 saturated heterocycles. The van der Waals surface area contributed by atoms with Crippen molar-refractivity contribution in [3.8, 4) is 0 Å². The van der Waals surface area contributed by atoms with Crippen LogP contribution in [0.15, 0.2) is 53.7 Å². The Bertz CT molecular complexity index is 901. The summed E-state index contributed by atoms with van der Waals surface area (Å²) in [6.07, 6.45) is 0. The van der Waals surface area contributed by atoms with Gasteiger partial charge in [0.1, 0.15) is 0 Å². The first-order valence-electron chi connectivity index (χ1n) is 8.45. The van der Waals surface area contributed by atoms with Crippen molar-refractivity contribution in [2.24, 2.45) is 7.05 Å². The number of benzene rings is 2. The lowest BCUT2D eigenvalue weighted by Gasteiger charge is -2.16. The summed E-state index contributed by atoms with van der Waals surface area (Å²) in [5, 5.41) is 3.68. The van der Waals surface area contributed by atoms with Gasteiger partial charge in [0.05, 0.1) is 16.3 Å². The van der Waals surface area contributed by atoms with Gasteiger partial charge in [-0.1, -0.05) is 55.9 Å². The number of hydrogen-bond acceptors (Lipinski definition) is 3. The first-order valence-corrected chi connectivity index (χ1v) is 9.33. The third-order valence-corrected chi connectivity index (χ3v) is 5.38. The van der Waals surface area contributed by atoms with Crippen molar-refractivity contribution in [1.82, 2.24) is 9.55 Å². The number of nitrogens with zero attached hydrogens (tertiary/aromatic N) is 2. The van der Waals surface area contributed by atoms with Gasteiger partial charge in [0.15, 0.2) is 5.16 Å². The molecule has 0 fully saturated rings. The summed E-state index contributed by atoms with van der Waals surface area (Å²) in [5.41, 5.74) is 4.06. The number of imidazole rings is 1. The molecule has 1 aromatic heterocycles. The van der Waals surface area contributed by atoms with Crippen molar-refractivity contribution in [2.75, 3.05) is 5.32 Å². The number of hydrogen-bond donors (Lipinski definition) is 1. The molecule has 1 unspecified atom stereocenters. The van der Waals surface area contributed by atoms with E-state index in [0.717, 1.165) is 27.4 Å². The van der Waals surface area contributed by atoms with Gasteiger partial charge >= 0.3 is 0 Å². The number of aromatic nitrogens is 2. The van der Waals surface area contributed by atoms with Crippen LogP contribution in [0.4, 0.5) is 5.69 Å². The zero-order chi connectivity index (χ0) is 18.0. The molecule has 3 rings (SSSR count). The van der Waals surface area contributed by atoms with Gasteiger partial charge < -0.3 is 9.88 Å². The first kappa shape index (κ1) is 17.5. The van der Waals surface area contributed by atoms with E-state index in [-0.39, 0.29) is 11.2 Å². The van der Waals surface area contributed by atoms with Crippen molar-refractivity contribution in [1.29, 1.82) is 0 Å². The van der Waals surface area contributed by atoms with E-state index in [1.54, 1.807) is 0 Å². The fraction of sp³-hybridized carbons (Fsp3) is 0.300. The van der Waals surface area contributed by atoms with Crippen LogP contribution in [0.3, 0.4) is 0 Å². The Balaban J connectivity index is 1.76. The van der Waals surface area contributed by atoms with Gasteiger partial charge in [-0.15, -0.1) is 0 Å². The molecule has 0 saturated carbocycles. The van der Waals surface area contributed by atoms with Crippen LogP contribution >= 0.6 is 11.8 Å². The molecule has 5 heteroatoms.